The molecule has 0 unspecified atom stereocenters. The number of hydrogen-bond donors (Lipinski definition) is 4. The fourth-order valence-corrected chi connectivity index (χ4v) is 3.77. The van der Waals surface area contributed by atoms with Crippen LogP contribution < -0.4 is 5.73 Å². The quantitative estimate of drug-likeness (QED) is 0.193. The van der Waals surface area contributed by atoms with Crippen molar-refractivity contribution in [1.29, 1.82) is 0 Å². The van der Waals surface area contributed by atoms with Gasteiger partial charge in [-0.2, -0.15) is 16.8 Å². The maximum absolute atomic E-state index is 11.5. The number of fused-ring (bicyclic) bond motifs is 1. The molecule has 0 atom stereocenters. The normalized spacial score (nSPS) is 12.7. The molecule has 0 spiro atoms. The second kappa shape index (κ2) is 6.21. The van der Waals surface area contributed by atoms with Crippen molar-refractivity contribution in [1.82, 2.24) is 0 Å². The summed E-state index contributed by atoms with van der Waals surface area (Å²) in [6.07, 6.45) is 0. The Bertz CT molecular complexity index is 969. The van der Waals surface area contributed by atoms with E-state index in [1.807, 2.05) is 0 Å². The Hall–Kier alpha value is -1.45. The summed E-state index contributed by atoms with van der Waals surface area (Å²) in [5.74, 6) is 0. The molecule has 2 aromatic rings. The van der Waals surface area contributed by atoms with E-state index in [2.05, 4.69) is 9.37 Å². The van der Waals surface area contributed by atoms with E-state index in [0.717, 1.165) is 18.2 Å². The summed E-state index contributed by atoms with van der Waals surface area (Å²) >= 11 is 0.392. The van der Waals surface area contributed by atoms with Crippen molar-refractivity contribution in [3.8, 4) is 0 Å². The molecule has 0 aliphatic carbocycles. The first-order valence-corrected chi connectivity index (χ1v) is 9.13. The van der Waals surface area contributed by atoms with Gasteiger partial charge in [-0.25, -0.2) is 5.26 Å². The maximum Gasteiger partial charge on any atom is 0.296 e. The minimum absolute atomic E-state index is 0.0194. The molecule has 0 heterocycles. The predicted molar refractivity (Wildman–Crippen MR) is 78.6 cm³/mol. The Morgan fingerprint density at radius 1 is 0.957 bits per heavy atom. The van der Waals surface area contributed by atoms with Crippen LogP contribution in [0.15, 0.2) is 39.0 Å². The van der Waals surface area contributed by atoms with Crippen LogP contribution >= 0.6 is 12.0 Å². The number of anilines is 1. The van der Waals surface area contributed by atoms with Gasteiger partial charge in [0.05, 0.1) is 17.7 Å². The molecule has 0 saturated carbocycles. The van der Waals surface area contributed by atoms with Crippen molar-refractivity contribution in [2.75, 3.05) is 5.73 Å². The van der Waals surface area contributed by atoms with Gasteiger partial charge < -0.3 is 5.73 Å². The molecule has 5 N–H and O–H groups in total. The van der Waals surface area contributed by atoms with Crippen LogP contribution in [0.4, 0.5) is 5.69 Å². The largest absolute Gasteiger partial charge is 0.398 e. The summed E-state index contributed by atoms with van der Waals surface area (Å²) in [6.45, 7) is 0. The van der Waals surface area contributed by atoms with Gasteiger partial charge in [-0.1, -0.05) is 5.04 Å². The zero-order valence-electron chi connectivity index (χ0n) is 10.9. The van der Waals surface area contributed by atoms with Gasteiger partial charge in [-0.3, -0.25) is 9.11 Å². The number of nitrogen functional groups attached to an aromatic ring is 1. The van der Waals surface area contributed by atoms with E-state index < -0.39 is 35.7 Å². The van der Waals surface area contributed by atoms with E-state index in [1.54, 1.807) is 0 Å². The molecule has 0 aliphatic heterocycles. The summed E-state index contributed by atoms with van der Waals surface area (Å²) in [5, 5.41) is 11.4. The van der Waals surface area contributed by atoms with Crippen LogP contribution in [0.1, 0.15) is 0 Å². The standard InChI is InChI=1S/C10H9NO9S3/c11-8-4-7-5(2-10(8)23(16,17)18)1-6(21-20-19-12)3-9(7)22(13,14)15/h1-4,12H,11H2,(H,13,14,15)(H,16,17,18). The fraction of sp³-hybridized carbons (Fsp3) is 0. The third-order valence-electron chi connectivity index (χ3n) is 2.74. The number of nitrogens with two attached hydrogens (primary N) is 1. The first-order valence-electron chi connectivity index (χ1n) is 5.51. The molecule has 0 radical (unpaired) electrons. The van der Waals surface area contributed by atoms with Crippen molar-refractivity contribution in [2.24, 2.45) is 0 Å². The molecule has 0 amide bonds. The Morgan fingerprint density at radius 3 is 2.09 bits per heavy atom. The topological polar surface area (TPSA) is 173 Å². The molecule has 0 aliphatic rings. The van der Waals surface area contributed by atoms with Crippen LogP contribution in [0.5, 0.6) is 0 Å². The molecule has 0 fully saturated rings. The number of rotatable bonds is 5. The third-order valence-corrected chi connectivity index (χ3v) is 5.10. The average molecular weight is 383 g/mol. The highest BCUT2D eigenvalue weighted by Crippen LogP contribution is 2.34. The molecule has 23 heavy (non-hydrogen) atoms. The molecule has 126 valence electrons. The van der Waals surface area contributed by atoms with Gasteiger partial charge in [0.1, 0.15) is 9.79 Å². The lowest BCUT2D eigenvalue weighted by Crippen LogP contribution is -2.05. The zero-order chi connectivity index (χ0) is 17.4. The second-order valence-corrected chi connectivity index (χ2v) is 7.76. The Balaban J connectivity index is 2.85. The monoisotopic (exact) mass is 383 g/mol. The molecule has 10 nitrogen and oxygen atoms in total. The van der Waals surface area contributed by atoms with Crippen molar-refractivity contribution < 1.29 is 40.6 Å². The molecule has 2 rings (SSSR count). The van der Waals surface area contributed by atoms with Crippen molar-refractivity contribution >= 4 is 48.7 Å². The SMILES string of the molecule is Nc1cc2c(S(=O)(=O)O)cc(SOOO)cc2cc1S(=O)(=O)O. The summed E-state index contributed by atoms with van der Waals surface area (Å²) in [6, 6.07) is 4.17. The minimum atomic E-state index is -4.68. The van der Waals surface area contributed by atoms with E-state index in [1.165, 1.54) is 6.07 Å². The molecule has 0 aromatic heterocycles. The van der Waals surface area contributed by atoms with Gasteiger partial charge in [0.2, 0.25) is 0 Å². The summed E-state index contributed by atoms with van der Waals surface area (Å²) < 4.78 is 68.0. The van der Waals surface area contributed by atoms with Crippen molar-refractivity contribution in [3.05, 3.63) is 24.3 Å². The minimum Gasteiger partial charge on any atom is -0.398 e. The molecule has 13 heteroatoms. The van der Waals surface area contributed by atoms with Crippen LogP contribution in [0, 0.1) is 0 Å². The fourth-order valence-electron chi connectivity index (χ4n) is 1.89. The predicted octanol–water partition coefficient (Wildman–Crippen LogP) is 1.34. The summed E-state index contributed by atoms with van der Waals surface area (Å²) in [4.78, 5) is -1.16. The lowest BCUT2D eigenvalue weighted by molar-refractivity contribution is -0.432. The Kier molecular flexibility index (Phi) is 4.84. The molecule has 0 bridgehead atoms. The molecular weight excluding hydrogens is 374 g/mol. The van der Waals surface area contributed by atoms with Gasteiger partial charge >= 0.3 is 0 Å². The van der Waals surface area contributed by atoms with Gasteiger partial charge in [-0.05, 0) is 29.7 Å². The van der Waals surface area contributed by atoms with Gasteiger partial charge in [0.15, 0.2) is 0 Å². The van der Waals surface area contributed by atoms with Crippen LogP contribution in [-0.4, -0.2) is 31.2 Å². The smallest absolute Gasteiger partial charge is 0.296 e. The van der Waals surface area contributed by atoms with Gasteiger partial charge in [0, 0.05) is 10.3 Å². The molecule has 0 saturated heterocycles. The van der Waals surface area contributed by atoms with E-state index in [9.17, 15) is 21.4 Å². The highest BCUT2D eigenvalue weighted by Gasteiger charge is 2.21. The third kappa shape index (κ3) is 3.91. The number of hydrogen-bond acceptors (Lipinski definition) is 9. The highest BCUT2D eigenvalue weighted by atomic mass is 32.2. The van der Waals surface area contributed by atoms with Crippen molar-refractivity contribution in [3.63, 3.8) is 0 Å². The highest BCUT2D eigenvalue weighted by molar-refractivity contribution is 7.94. The van der Waals surface area contributed by atoms with Crippen LogP contribution in [0.2, 0.25) is 0 Å². The van der Waals surface area contributed by atoms with Crippen LogP contribution in [-0.2, 0) is 29.6 Å². The summed E-state index contributed by atoms with van der Waals surface area (Å²) in [5.41, 5.74) is 5.10. The Labute approximate surface area is 134 Å². The summed E-state index contributed by atoms with van der Waals surface area (Å²) in [7, 11) is -9.32. The van der Waals surface area contributed by atoms with Crippen molar-refractivity contribution in [2.45, 2.75) is 14.7 Å². The van der Waals surface area contributed by atoms with Gasteiger partial charge in [-0.15, -0.1) is 4.33 Å². The number of benzene rings is 2. The zero-order valence-corrected chi connectivity index (χ0v) is 13.4. The molecule has 2 aromatic carbocycles. The lowest BCUT2D eigenvalue weighted by atomic mass is 10.1. The average Bonchev–Trinajstić information content (AvgIpc) is 2.41. The van der Waals surface area contributed by atoms with Crippen LogP contribution in [0.3, 0.4) is 0 Å². The van der Waals surface area contributed by atoms with E-state index in [4.69, 9.17) is 15.5 Å². The first-order chi connectivity index (χ1) is 10.5. The van der Waals surface area contributed by atoms with Crippen LogP contribution in [0.25, 0.3) is 10.8 Å². The van der Waals surface area contributed by atoms with Gasteiger partial charge in [0.25, 0.3) is 20.2 Å². The van der Waals surface area contributed by atoms with E-state index in [0.29, 0.717) is 12.0 Å². The molecular formula is C10H9NO9S3. The van der Waals surface area contributed by atoms with E-state index in [-0.39, 0.29) is 15.7 Å². The first kappa shape index (κ1) is 17.9. The maximum atomic E-state index is 11.5. The lowest BCUT2D eigenvalue weighted by Gasteiger charge is -2.10. The van der Waals surface area contributed by atoms with E-state index >= 15 is 0 Å². The second-order valence-electron chi connectivity index (χ2n) is 4.21. The Morgan fingerprint density at radius 2 is 1.57 bits per heavy atom.